The summed E-state index contributed by atoms with van der Waals surface area (Å²) in [5, 5.41) is 5.82. The molecule has 2 aromatic carbocycles. The van der Waals surface area contributed by atoms with Crippen molar-refractivity contribution in [3.05, 3.63) is 64.7 Å². The Kier molecular flexibility index (Phi) is 10.3. The molecule has 7 nitrogen and oxygen atoms in total. The molecule has 3 amide bonds. The zero-order chi connectivity index (χ0) is 27.9. The molecule has 0 spiro atoms. The van der Waals surface area contributed by atoms with Crippen LogP contribution in [0.1, 0.15) is 76.3 Å². The van der Waals surface area contributed by atoms with E-state index in [1.54, 1.807) is 25.7 Å². The molecular weight excluding hydrogens is 466 g/mol. The number of hydrogen-bond acceptors (Lipinski definition) is 4. The van der Waals surface area contributed by atoms with Crippen molar-refractivity contribution in [1.29, 1.82) is 0 Å². The van der Waals surface area contributed by atoms with E-state index < -0.39 is 23.8 Å². The number of ether oxygens (including phenoxy) is 1. The molecule has 0 aliphatic carbocycles. The Morgan fingerprint density at radius 3 is 2.14 bits per heavy atom. The highest BCUT2D eigenvalue weighted by molar-refractivity contribution is 5.99. The number of amides is 3. The minimum absolute atomic E-state index is 0.173. The maximum Gasteiger partial charge on any atom is 0.408 e. The van der Waals surface area contributed by atoms with Crippen molar-refractivity contribution in [2.75, 3.05) is 11.9 Å². The zero-order valence-electron chi connectivity index (χ0n) is 23.8. The third kappa shape index (κ3) is 7.81. The first-order valence-corrected chi connectivity index (χ1v) is 13.0. The molecule has 0 aliphatic heterocycles. The first kappa shape index (κ1) is 29.9. The van der Waals surface area contributed by atoms with Crippen molar-refractivity contribution in [1.82, 2.24) is 10.2 Å². The third-order valence-corrected chi connectivity index (χ3v) is 6.68. The first-order valence-electron chi connectivity index (χ1n) is 13.0. The topological polar surface area (TPSA) is 87.7 Å². The van der Waals surface area contributed by atoms with Gasteiger partial charge in [-0.05, 0) is 82.7 Å². The lowest BCUT2D eigenvalue weighted by Gasteiger charge is -2.36. The molecule has 3 atom stereocenters. The van der Waals surface area contributed by atoms with E-state index in [2.05, 4.69) is 10.6 Å². The van der Waals surface area contributed by atoms with Crippen LogP contribution < -0.4 is 10.6 Å². The summed E-state index contributed by atoms with van der Waals surface area (Å²) in [6.07, 6.45) is 0.00248. The maximum atomic E-state index is 14.1. The van der Waals surface area contributed by atoms with Crippen LogP contribution in [0.5, 0.6) is 0 Å². The molecule has 0 aliphatic rings. The number of alkyl carbamates (subject to hydrolysis) is 1. The van der Waals surface area contributed by atoms with E-state index in [1.165, 1.54) is 0 Å². The van der Waals surface area contributed by atoms with Gasteiger partial charge in [-0.25, -0.2) is 4.79 Å². The summed E-state index contributed by atoms with van der Waals surface area (Å²) in [4.78, 5) is 42.2. The summed E-state index contributed by atoms with van der Waals surface area (Å²) < 4.78 is 5.45. The number of para-hydroxylation sites is 1. The van der Waals surface area contributed by atoms with E-state index in [1.807, 2.05) is 84.0 Å². The van der Waals surface area contributed by atoms with Gasteiger partial charge in [0.25, 0.3) is 5.91 Å². The quantitative estimate of drug-likeness (QED) is 0.429. The number of nitrogens with zero attached hydrogens (tertiary/aromatic N) is 1. The van der Waals surface area contributed by atoms with Gasteiger partial charge in [0.1, 0.15) is 17.7 Å². The van der Waals surface area contributed by atoms with Crippen LogP contribution in [-0.2, 0) is 14.3 Å². The monoisotopic (exact) mass is 509 g/mol. The lowest BCUT2D eigenvalue weighted by atomic mass is 9.93. The van der Waals surface area contributed by atoms with Crippen molar-refractivity contribution in [3.8, 4) is 0 Å². The Bertz CT molecular complexity index is 1110. The van der Waals surface area contributed by atoms with Gasteiger partial charge in [-0.2, -0.15) is 0 Å². The Hall–Kier alpha value is -3.35. The van der Waals surface area contributed by atoms with Gasteiger partial charge in [0.2, 0.25) is 5.91 Å². The second kappa shape index (κ2) is 12.7. The van der Waals surface area contributed by atoms with Gasteiger partial charge in [0.05, 0.1) is 0 Å². The van der Waals surface area contributed by atoms with Gasteiger partial charge in [-0.15, -0.1) is 0 Å². The smallest absolute Gasteiger partial charge is 0.408 e. The van der Waals surface area contributed by atoms with Crippen molar-refractivity contribution < 1.29 is 19.1 Å². The second-order valence-corrected chi connectivity index (χ2v) is 10.6. The van der Waals surface area contributed by atoms with Gasteiger partial charge < -0.3 is 20.3 Å². The molecule has 37 heavy (non-hydrogen) atoms. The highest BCUT2D eigenvalue weighted by Gasteiger charge is 2.38. The minimum Gasteiger partial charge on any atom is -0.444 e. The fourth-order valence-corrected chi connectivity index (χ4v) is 4.20. The Labute approximate surface area is 222 Å². The molecular formula is C30H43N3O4. The predicted octanol–water partition coefficient (Wildman–Crippen LogP) is 6.08. The summed E-state index contributed by atoms with van der Waals surface area (Å²) in [6, 6.07) is 11.6. The van der Waals surface area contributed by atoms with Crippen molar-refractivity contribution >= 4 is 23.6 Å². The zero-order valence-corrected chi connectivity index (χ0v) is 23.8. The van der Waals surface area contributed by atoms with Crippen LogP contribution >= 0.6 is 0 Å². The lowest BCUT2D eigenvalue weighted by Crippen LogP contribution is -2.54. The molecule has 2 N–H and O–H groups in total. The highest BCUT2D eigenvalue weighted by Crippen LogP contribution is 2.29. The second-order valence-electron chi connectivity index (χ2n) is 10.6. The molecule has 0 radical (unpaired) electrons. The number of hydrogen-bond donors (Lipinski definition) is 2. The van der Waals surface area contributed by atoms with Gasteiger partial charge in [-0.3, -0.25) is 9.59 Å². The third-order valence-electron chi connectivity index (χ3n) is 6.68. The van der Waals surface area contributed by atoms with Crippen LogP contribution in [0, 0.1) is 26.7 Å². The lowest BCUT2D eigenvalue weighted by molar-refractivity contribution is -0.141. The molecule has 0 fully saturated rings. The van der Waals surface area contributed by atoms with Crippen LogP contribution in [0.2, 0.25) is 0 Å². The summed E-state index contributed by atoms with van der Waals surface area (Å²) in [7, 11) is 0. The largest absolute Gasteiger partial charge is 0.444 e. The Morgan fingerprint density at radius 2 is 1.57 bits per heavy atom. The number of carbonyl (C=O) groups excluding carboxylic acids is 3. The van der Waals surface area contributed by atoms with Gasteiger partial charge in [0.15, 0.2) is 0 Å². The fraction of sp³-hybridized carbons (Fsp3) is 0.500. The van der Waals surface area contributed by atoms with E-state index in [4.69, 9.17) is 4.74 Å². The summed E-state index contributed by atoms with van der Waals surface area (Å²) in [5.74, 6) is -0.806. The van der Waals surface area contributed by atoms with Crippen molar-refractivity contribution in [2.45, 2.75) is 86.4 Å². The number of aryl methyl sites for hydroxylation is 2. The van der Waals surface area contributed by atoms with Crippen molar-refractivity contribution in [3.63, 3.8) is 0 Å². The normalized spacial score (nSPS) is 13.8. The number of rotatable bonds is 9. The number of carbonyl (C=O) groups is 3. The van der Waals surface area contributed by atoms with E-state index >= 15 is 0 Å². The fourth-order valence-electron chi connectivity index (χ4n) is 4.20. The summed E-state index contributed by atoms with van der Waals surface area (Å²) in [5.41, 5.74) is 3.64. The molecule has 0 saturated heterocycles. The maximum absolute atomic E-state index is 14.1. The Morgan fingerprint density at radius 1 is 0.946 bits per heavy atom. The number of likely N-dealkylation sites (N-methyl/N-ethyl adjacent to an activating group) is 1. The SMILES string of the molecule is CCC(C)C(NC(=O)OC(C)(C)C)C(=O)N(CC)C(C(=O)Nc1ccccc1C)c1cccc(C)c1C. The van der Waals surface area contributed by atoms with E-state index in [-0.39, 0.29) is 24.3 Å². The van der Waals surface area contributed by atoms with E-state index in [0.717, 1.165) is 22.3 Å². The standard InChI is InChI=1S/C30H43N3O4/c1-10-19(3)25(32-29(36)37-30(7,8)9)28(35)33(11-2)26(23-17-14-16-20(4)22(23)6)27(34)31-24-18-13-12-15-21(24)5/h12-19,25-26H,10-11H2,1-9H3,(H,31,34)(H,32,36). The van der Waals surface area contributed by atoms with Crippen LogP contribution in [-0.4, -0.2) is 41.0 Å². The molecule has 0 bridgehead atoms. The molecule has 0 heterocycles. The van der Waals surface area contributed by atoms with Crippen LogP contribution in [0.15, 0.2) is 42.5 Å². The first-order chi connectivity index (χ1) is 17.3. The molecule has 0 aromatic heterocycles. The molecule has 7 heteroatoms. The van der Waals surface area contributed by atoms with Gasteiger partial charge in [0, 0.05) is 12.2 Å². The molecule has 2 aromatic rings. The summed E-state index contributed by atoms with van der Waals surface area (Å²) in [6.45, 7) is 17.2. The Balaban J connectivity index is 2.54. The van der Waals surface area contributed by atoms with Gasteiger partial charge in [-0.1, -0.05) is 56.7 Å². The van der Waals surface area contributed by atoms with Gasteiger partial charge >= 0.3 is 6.09 Å². The number of nitrogens with one attached hydrogen (secondary N) is 2. The minimum atomic E-state index is -0.885. The average molecular weight is 510 g/mol. The summed E-state index contributed by atoms with van der Waals surface area (Å²) >= 11 is 0. The number of anilines is 1. The predicted molar refractivity (Wildman–Crippen MR) is 148 cm³/mol. The van der Waals surface area contributed by atoms with E-state index in [9.17, 15) is 14.4 Å². The van der Waals surface area contributed by atoms with Crippen LogP contribution in [0.25, 0.3) is 0 Å². The van der Waals surface area contributed by atoms with Crippen LogP contribution in [0.4, 0.5) is 10.5 Å². The molecule has 3 unspecified atom stereocenters. The van der Waals surface area contributed by atoms with Crippen LogP contribution in [0.3, 0.4) is 0 Å². The number of benzene rings is 2. The molecule has 0 saturated carbocycles. The van der Waals surface area contributed by atoms with E-state index in [0.29, 0.717) is 12.1 Å². The average Bonchev–Trinajstić information content (AvgIpc) is 2.82. The molecule has 2 rings (SSSR count). The molecule has 202 valence electrons. The highest BCUT2D eigenvalue weighted by atomic mass is 16.6. The van der Waals surface area contributed by atoms with Crippen molar-refractivity contribution in [2.24, 2.45) is 5.92 Å².